The summed E-state index contributed by atoms with van der Waals surface area (Å²) >= 11 is 0. The third-order valence-electron chi connectivity index (χ3n) is 5.40. The highest BCUT2D eigenvalue weighted by Crippen LogP contribution is 2.37. The summed E-state index contributed by atoms with van der Waals surface area (Å²) in [4.78, 5) is 21.6. The van der Waals surface area contributed by atoms with Crippen LogP contribution >= 0.6 is 0 Å². The number of aliphatic hydroxyl groups excluding tert-OH is 1. The van der Waals surface area contributed by atoms with Crippen molar-refractivity contribution in [3.8, 4) is 0 Å². The molecule has 5 nitrogen and oxygen atoms in total. The van der Waals surface area contributed by atoms with Gasteiger partial charge in [0.15, 0.2) is 0 Å². The van der Waals surface area contributed by atoms with E-state index in [2.05, 4.69) is 9.88 Å². The van der Waals surface area contributed by atoms with Gasteiger partial charge in [-0.1, -0.05) is 18.9 Å². The van der Waals surface area contributed by atoms with Gasteiger partial charge in [0, 0.05) is 18.6 Å². The van der Waals surface area contributed by atoms with Crippen LogP contribution in [0, 0.1) is 6.92 Å². The van der Waals surface area contributed by atoms with Gasteiger partial charge in [0.1, 0.15) is 0 Å². The van der Waals surface area contributed by atoms with Gasteiger partial charge in [-0.3, -0.25) is 9.78 Å². The summed E-state index contributed by atoms with van der Waals surface area (Å²) in [7, 11) is 2.00. The monoisotopic (exact) mass is 325 g/mol. The van der Waals surface area contributed by atoms with E-state index in [4.69, 9.17) is 0 Å². The van der Waals surface area contributed by atoms with E-state index in [-0.39, 0.29) is 11.9 Å². The molecular formula is C19H23N3O2. The standard InChI is InChI=1S/C19H23N3O2/c1-12-10-14-18(17-13(12)6-5-9-20-17)21(2)11-22(19(14)24)15-7-3-4-8-16(15)23/h5-6,9-10,15-16,23H,3-4,7-8,11H2,1-2H3/t15-,16-/m0/s1. The van der Waals surface area contributed by atoms with Gasteiger partial charge in [-0.25, -0.2) is 0 Å². The van der Waals surface area contributed by atoms with Gasteiger partial charge in [-0.05, 0) is 37.5 Å². The van der Waals surface area contributed by atoms with Crippen LogP contribution in [0.3, 0.4) is 0 Å². The lowest BCUT2D eigenvalue weighted by Crippen LogP contribution is -2.55. The quantitative estimate of drug-likeness (QED) is 0.876. The number of aliphatic hydroxyl groups is 1. The molecule has 1 aliphatic heterocycles. The number of anilines is 1. The molecule has 126 valence electrons. The van der Waals surface area contributed by atoms with Crippen molar-refractivity contribution in [1.82, 2.24) is 9.88 Å². The summed E-state index contributed by atoms with van der Waals surface area (Å²) in [5.74, 6) is 0.0182. The first kappa shape index (κ1) is 15.4. The van der Waals surface area contributed by atoms with Crippen LogP contribution in [0.25, 0.3) is 10.9 Å². The van der Waals surface area contributed by atoms with Gasteiger partial charge in [0.25, 0.3) is 5.91 Å². The van der Waals surface area contributed by atoms with Crippen LogP contribution in [-0.2, 0) is 0 Å². The van der Waals surface area contributed by atoms with Gasteiger partial charge < -0.3 is 14.9 Å². The van der Waals surface area contributed by atoms with E-state index in [0.29, 0.717) is 12.2 Å². The first-order chi connectivity index (χ1) is 11.6. The molecule has 0 spiro atoms. The highest BCUT2D eigenvalue weighted by Gasteiger charge is 2.37. The zero-order chi connectivity index (χ0) is 16.8. The van der Waals surface area contributed by atoms with Gasteiger partial charge in [-0.15, -0.1) is 0 Å². The molecule has 1 fully saturated rings. The first-order valence-electron chi connectivity index (χ1n) is 8.66. The van der Waals surface area contributed by atoms with E-state index in [1.165, 1.54) is 0 Å². The van der Waals surface area contributed by atoms with E-state index < -0.39 is 6.10 Å². The molecule has 1 amide bonds. The summed E-state index contributed by atoms with van der Waals surface area (Å²) in [6.45, 7) is 2.52. The lowest BCUT2D eigenvalue weighted by atomic mass is 9.90. The van der Waals surface area contributed by atoms with E-state index in [1.54, 1.807) is 6.20 Å². The average Bonchev–Trinajstić information content (AvgIpc) is 2.59. The molecular weight excluding hydrogens is 302 g/mol. The van der Waals surface area contributed by atoms with Crippen LogP contribution in [0.4, 0.5) is 5.69 Å². The van der Waals surface area contributed by atoms with Gasteiger partial charge in [0.05, 0.1) is 35.6 Å². The molecule has 1 aromatic carbocycles. The number of nitrogens with zero attached hydrogens (tertiary/aromatic N) is 3. The molecule has 2 aromatic rings. The Morgan fingerprint density at radius 1 is 1.29 bits per heavy atom. The van der Waals surface area contributed by atoms with Gasteiger partial charge in [0.2, 0.25) is 0 Å². The number of carbonyl (C=O) groups excluding carboxylic acids is 1. The zero-order valence-electron chi connectivity index (χ0n) is 14.2. The summed E-state index contributed by atoms with van der Waals surface area (Å²) in [5.41, 5.74) is 3.55. The normalized spacial score (nSPS) is 24.4. The molecule has 24 heavy (non-hydrogen) atoms. The van der Waals surface area contributed by atoms with Crippen molar-refractivity contribution in [1.29, 1.82) is 0 Å². The minimum Gasteiger partial charge on any atom is -0.391 e. The topological polar surface area (TPSA) is 56.7 Å². The lowest BCUT2D eigenvalue weighted by Gasteiger charge is -2.43. The van der Waals surface area contributed by atoms with Crippen LogP contribution in [0.15, 0.2) is 24.4 Å². The largest absolute Gasteiger partial charge is 0.391 e. The maximum Gasteiger partial charge on any atom is 0.257 e. The lowest BCUT2D eigenvalue weighted by molar-refractivity contribution is 0.0168. The molecule has 1 saturated carbocycles. The molecule has 1 N–H and O–H groups in total. The smallest absolute Gasteiger partial charge is 0.257 e. The Balaban J connectivity index is 1.82. The van der Waals surface area contributed by atoms with Crippen molar-refractivity contribution >= 4 is 22.5 Å². The molecule has 1 aromatic heterocycles. The fourth-order valence-corrected chi connectivity index (χ4v) is 4.18. The number of pyridine rings is 1. The predicted molar refractivity (Wildman–Crippen MR) is 94.2 cm³/mol. The Kier molecular flexibility index (Phi) is 3.68. The number of rotatable bonds is 1. The first-order valence-corrected chi connectivity index (χ1v) is 8.66. The van der Waals surface area contributed by atoms with Gasteiger partial charge in [-0.2, -0.15) is 0 Å². The maximum atomic E-state index is 13.2. The fourth-order valence-electron chi connectivity index (χ4n) is 4.18. The Hall–Kier alpha value is -2.14. The number of carbonyl (C=O) groups is 1. The second-order valence-corrected chi connectivity index (χ2v) is 7.02. The molecule has 2 heterocycles. The molecule has 5 heteroatoms. The van der Waals surface area contributed by atoms with Crippen molar-refractivity contribution < 1.29 is 9.90 Å². The number of hydrogen-bond acceptors (Lipinski definition) is 4. The predicted octanol–water partition coefficient (Wildman–Crippen LogP) is 2.70. The number of amides is 1. The number of aryl methyl sites for hydroxylation is 1. The van der Waals surface area contributed by atoms with Crippen molar-refractivity contribution in [3.63, 3.8) is 0 Å². The minimum absolute atomic E-state index is 0.0182. The fraction of sp³-hybridized carbons (Fsp3) is 0.474. The van der Waals surface area contributed by atoms with E-state index in [0.717, 1.165) is 47.8 Å². The van der Waals surface area contributed by atoms with Crippen molar-refractivity contribution in [2.24, 2.45) is 0 Å². The Labute approximate surface area is 141 Å². The van der Waals surface area contributed by atoms with Crippen LogP contribution < -0.4 is 4.90 Å². The maximum absolute atomic E-state index is 13.2. The number of hydrogen-bond donors (Lipinski definition) is 1. The molecule has 2 atom stereocenters. The third-order valence-corrected chi connectivity index (χ3v) is 5.40. The summed E-state index contributed by atoms with van der Waals surface area (Å²) in [5, 5.41) is 11.5. The van der Waals surface area contributed by atoms with Crippen LogP contribution in [0.1, 0.15) is 41.6 Å². The van der Waals surface area contributed by atoms with Crippen LogP contribution in [0.2, 0.25) is 0 Å². The van der Waals surface area contributed by atoms with E-state index >= 15 is 0 Å². The van der Waals surface area contributed by atoms with Crippen LogP contribution in [-0.4, -0.2) is 46.8 Å². The Morgan fingerprint density at radius 3 is 2.88 bits per heavy atom. The number of benzene rings is 1. The average molecular weight is 325 g/mol. The third kappa shape index (κ3) is 2.26. The summed E-state index contributed by atoms with van der Waals surface area (Å²) < 4.78 is 0. The second-order valence-electron chi connectivity index (χ2n) is 7.02. The number of fused-ring (bicyclic) bond motifs is 3. The highest BCUT2D eigenvalue weighted by atomic mass is 16.3. The summed E-state index contributed by atoms with van der Waals surface area (Å²) in [6.07, 6.45) is 5.12. The SMILES string of the molecule is Cc1cc2c(c3ncccc13)N(C)CN([C@H]1CCCC[C@@H]1O)C2=O. The second kappa shape index (κ2) is 5.74. The van der Waals surface area contributed by atoms with Crippen LogP contribution in [0.5, 0.6) is 0 Å². The van der Waals surface area contributed by atoms with Crippen molar-refractivity contribution in [2.45, 2.75) is 44.8 Å². The number of aromatic nitrogens is 1. The molecule has 4 rings (SSSR count). The van der Waals surface area contributed by atoms with Gasteiger partial charge >= 0.3 is 0 Å². The van der Waals surface area contributed by atoms with Crippen molar-refractivity contribution in [3.05, 3.63) is 35.5 Å². The molecule has 0 unspecified atom stereocenters. The Morgan fingerprint density at radius 2 is 2.08 bits per heavy atom. The molecule has 2 aliphatic rings. The van der Waals surface area contributed by atoms with E-state index in [9.17, 15) is 9.90 Å². The molecule has 0 radical (unpaired) electrons. The molecule has 0 bridgehead atoms. The zero-order valence-corrected chi connectivity index (χ0v) is 14.2. The minimum atomic E-state index is -0.419. The molecule has 1 aliphatic carbocycles. The molecule has 0 saturated heterocycles. The Bertz CT molecular complexity index is 805. The highest BCUT2D eigenvalue weighted by molar-refractivity contribution is 6.09. The summed E-state index contributed by atoms with van der Waals surface area (Å²) in [6, 6.07) is 5.87. The van der Waals surface area contributed by atoms with E-state index in [1.807, 2.05) is 37.1 Å². The van der Waals surface area contributed by atoms with Crippen molar-refractivity contribution in [2.75, 3.05) is 18.6 Å².